The Morgan fingerprint density at radius 3 is 2.10 bits per heavy atom. The van der Waals surface area contributed by atoms with Gasteiger partial charge in [0.05, 0.1) is 5.71 Å². The van der Waals surface area contributed by atoms with Gasteiger partial charge in [0.1, 0.15) is 0 Å². The van der Waals surface area contributed by atoms with Gasteiger partial charge in [-0.25, -0.2) is 8.78 Å². The highest BCUT2D eigenvalue weighted by Gasteiger charge is 2.59. The van der Waals surface area contributed by atoms with Gasteiger partial charge in [0, 0.05) is 23.9 Å². The summed E-state index contributed by atoms with van der Waals surface area (Å²) in [5, 5.41) is 15.9. The number of carbonyl (C=O) groups excluding carboxylic acids is 1. The molecule has 0 radical (unpaired) electrons. The third kappa shape index (κ3) is 4.05. The topological polar surface area (TPSA) is 52.9 Å². The standard InChI is InChI=1S/C22H23ClF2N2O2/c1-20(2,3)16-9-5-15(6-10-16)19(28)27-22(29,21(4,24)25)13-18(26-27)14-7-11-17(23)12-8-14/h5-12,29H,13H2,1-4H3/t22-/m1/s1. The minimum absolute atomic E-state index is 0.119. The fraction of sp³-hybridized carbons (Fsp3) is 0.364. The van der Waals surface area contributed by atoms with Crippen LogP contribution in [0.15, 0.2) is 53.6 Å². The molecule has 29 heavy (non-hydrogen) atoms. The maximum absolute atomic E-state index is 14.4. The van der Waals surface area contributed by atoms with E-state index in [1.54, 1.807) is 48.5 Å². The molecule has 0 saturated carbocycles. The predicted molar refractivity (Wildman–Crippen MR) is 109 cm³/mol. The van der Waals surface area contributed by atoms with Crippen LogP contribution in [0.5, 0.6) is 0 Å². The van der Waals surface area contributed by atoms with E-state index >= 15 is 0 Å². The van der Waals surface area contributed by atoms with Crippen molar-refractivity contribution in [1.82, 2.24) is 5.01 Å². The lowest BCUT2D eigenvalue weighted by Crippen LogP contribution is -2.57. The first-order chi connectivity index (χ1) is 13.3. The Hall–Kier alpha value is -2.31. The van der Waals surface area contributed by atoms with Crippen molar-refractivity contribution in [2.75, 3.05) is 0 Å². The summed E-state index contributed by atoms with van der Waals surface area (Å²) in [4.78, 5) is 13.0. The largest absolute Gasteiger partial charge is 0.364 e. The van der Waals surface area contributed by atoms with Gasteiger partial charge in [-0.15, -0.1) is 0 Å². The van der Waals surface area contributed by atoms with Crippen LogP contribution in [0.2, 0.25) is 5.02 Å². The molecule has 1 amide bonds. The number of amides is 1. The molecule has 1 heterocycles. The molecule has 0 unspecified atom stereocenters. The normalized spacial score (nSPS) is 20.0. The maximum atomic E-state index is 14.4. The Morgan fingerprint density at radius 2 is 1.62 bits per heavy atom. The Morgan fingerprint density at radius 1 is 1.07 bits per heavy atom. The summed E-state index contributed by atoms with van der Waals surface area (Å²) in [5.41, 5.74) is -1.02. The Balaban J connectivity index is 2.00. The fourth-order valence-electron chi connectivity index (χ4n) is 3.14. The first kappa shape index (κ1) is 21.4. The van der Waals surface area contributed by atoms with E-state index in [4.69, 9.17) is 11.6 Å². The van der Waals surface area contributed by atoms with Crippen molar-refractivity contribution in [3.63, 3.8) is 0 Å². The molecule has 1 aliphatic rings. The molecule has 0 aromatic heterocycles. The van der Waals surface area contributed by atoms with Gasteiger partial charge >= 0.3 is 0 Å². The van der Waals surface area contributed by atoms with E-state index in [0.717, 1.165) is 5.56 Å². The van der Waals surface area contributed by atoms with Crippen molar-refractivity contribution in [3.05, 3.63) is 70.2 Å². The van der Waals surface area contributed by atoms with Crippen LogP contribution in [-0.4, -0.2) is 33.4 Å². The summed E-state index contributed by atoms with van der Waals surface area (Å²) in [7, 11) is 0. The smallest absolute Gasteiger partial charge is 0.294 e. The van der Waals surface area contributed by atoms with Gasteiger partial charge in [0.25, 0.3) is 11.8 Å². The van der Waals surface area contributed by atoms with Crippen LogP contribution >= 0.6 is 11.6 Å². The maximum Gasteiger partial charge on any atom is 0.294 e. The molecular weight excluding hydrogens is 398 g/mol. The zero-order chi connectivity index (χ0) is 21.6. The van der Waals surface area contributed by atoms with Gasteiger partial charge in [-0.2, -0.15) is 10.1 Å². The van der Waals surface area contributed by atoms with Crippen LogP contribution in [0.3, 0.4) is 0 Å². The van der Waals surface area contributed by atoms with E-state index in [1.165, 1.54) is 0 Å². The number of hydrazone groups is 1. The molecule has 0 saturated heterocycles. The zero-order valence-corrected chi connectivity index (χ0v) is 17.5. The van der Waals surface area contributed by atoms with Crippen LogP contribution in [0.25, 0.3) is 0 Å². The highest BCUT2D eigenvalue weighted by atomic mass is 35.5. The quantitative estimate of drug-likeness (QED) is 0.739. The molecule has 2 aromatic carbocycles. The van der Waals surface area contributed by atoms with E-state index in [2.05, 4.69) is 5.10 Å². The SMILES string of the molecule is CC(C)(C)c1ccc(C(=O)N2N=C(c3ccc(Cl)cc3)C[C@@]2(O)C(C)(F)F)cc1. The number of hydrogen-bond donors (Lipinski definition) is 1. The number of alkyl halides is 2. The minimum Gasteiger partial charge on any atom is -0.364 e. The van der Waals surface area contributed by atoms with E-state index in [-0.39, 0.29) is 16.7 Å². The lowest BCUT2D eigenvalue weighted by Gasteiger charge is -2.35. The number of halogens is 3. The summed E-state index contributed by atoms with van der Waals surface area (Å²) < 4.78 is 28.7. The van der Waals surface area contributed by atoms with Crippen molar-refractivity contribution in [1.29, 1.82) is 0 Å². The number of aliphatic hydroxyl groups is 1. The zero-order valence-electron chi connectivity index (χ0n) is 16.7. The molecule has 2 aromatic rings. The average molecular weight is 421 g/mol. The summed E-state index contributed by atoms with van der Waals surface area (Å²) in [6.07, 6.45) is -0.496. The van der Waals surface area contributed by atoms with Crippen molar-refractivity contribution in [2.45, 2.75) is 51.2 Å². The molecule has 4 nitrogen and oxygen atoms in total. The number of hydrogen-bond acceptors (Lipinski definition) is 3. The molecular formula is C22H23ClF2N2O2. The summed E-state index contributed by atoms with van der Waals surface area (Å²) >= 11 is 5.88. The molecule has 0 fully saturated rings. The molecule has 1 atom stereocenters. The van der Waals surface area contributed by atoms with Gasteiger partial charge in [0.2, 0.25) is 5.72 Å². The van der Waals surface area contributed by atoms with Gasteiger partial charge < -0.3 is 5.11 Å². The molecule has 0 spiro atoms. The lowest BCUT2D eigenvalue weighted by atomic mass is 9.86. The van der Waals surface area contributed by atoms with Gasteiger partial charge in [-0.3, -0.25) is 4.79 Å². The van der Waals surface area contributed by atoms with Gasteiger partial charge in [-0.05, 0) is 40.8 Å². The second-order valence-electron chi connectivity index (χ2n) is 8.38. The number of benzene rings is 2. The van der Waals surface area contributed by atoms with Crippen molar-refractivity contribution in [2.24, 2.45) is 5.10 Å². The highest BCUT2D eigenvalue weighted by molar-refractivity contribution is 6.30. The number of rotatable bonds is 3. The Bertz CT molecular complexity index is 945. The second kappa shape index (κ2) is 7.18. The van der Waals surface area contributed by atoms with Crippen LogP contribution in [0, 0.1) is 0 Å². The first-order valence-corrected chi connectivity index (χ1v) is 9.59. The molecule has 7 heteroatoms. The number of carbonyl (C=O) groups is 1. The summed E-state index contributed by atoms with van der Waals surface area (Å²) in [6.45, 7) is 6.67. The van der Waals surface area contributed by atoms with Crippen molar-refractivity contribution in [3.8, 4) is 0 Å². The second-order valence-corrected chi connectivity index (χ2v) is 8.82. The van der Waals surface area contributed by atoms with E-state index < -0.39 is 24.0 Å². The molecule has 1 N–H and O–H groups in total. The lowest BCUT2D eigenvalue weighted by molar-refractivity contribution is -0.222. The van der Waals surface area contributed by atoms with Crippen LogP contribution in [0.4, 0.5) is 8.78 Å². The number of nitrogens with zero attached hydrogens (tertiary/aromatic N) is 2. The van der Waals surface area contributed by atoms with E-state index in [9.17, 15) is 18.7 Å². The van der Waals surface area contributed by atoms with Crippen LogP contribution in [0.1, 0.15) is 55.6 Å². The van der Waals surface area contributed by atoms with Crippen LogP contribution in [-0.2, 0) is 5.41 Å². The molecule has 3 rings (SSSR count). The van der Waals surface area contributed by atoms with Crippen molar-refractivity contribution >= 4 is 23.2 Å². The van der Waals surface area contributed by atoms with E-state index in [1.807, 2.05) is 20.8 Å². The fourth-order valence-corrected chi connectivity index (χ4v) is 3.26. The molecule has 0 aliphatic carbocycles. The Kier molecular flexibility index (Phi) is 5.30. The first-order valence-electron chi connectivity index (χ1n) is 9.22. The van der Waals surface area contributed by atoms with Gasteiger partial charge in [0.15, 0.2) is 0 Å². The molecule has 0 bridgehead atoms. The van der Waals surface area contributed by atoms with Crippen LogP contribution < -0.4 is 0 Å². The van der Waals surface area contributed by atoms with Crippen molar-refractivity contribution < 1.29 is 18.7 Å². The summed E-state index contributed by atoms with van der Waals surface area (Å²) in [5.74, 6) is -4.38. The molecule has 154 valence electrons. The molecule has 1 aliphatic heterocycles. The Labute approximate surface area is 173 Å². The summed E-state index contributed by atoms with van der Waals surface area (Å²) in [6, 6.07) is 13.1. The highest BCUT2D eigenvalue weighted by Crippen LogP contribution is 2.41. The minimum atomic E-state index is -3.59. The monoisotopic (exact) mass is 420 g/mol. The van der Waals surface area contributed by atoms with E-state index in [0.29, 0.717) is 22.5 Å². The third-order valence-corrected chi connectivity index (χ3v) is 5.31. The third-order valence-electron chi connectivity index (χ3n) is 5.06. The average Bonchev–Trinajstić information content (AvgIpc) is 3.00. The van der Waals surface area contributed by atoms with Gasteiger partial charge in [-0.1, -0.05) is 56.6 Å². The predicted octanol–water partition coefficient (Wildman–Crippen LogP) is 5.23.